The Morgan fingerprint density at radius 3 is 2.72 bits per heavy atom. The molecule has 2 rings (SSSR count). The highest BCUT2D eigenvalue weighted by Crippen LogP contribution is 2.19. The first-order chi connectivity index (χ1) is 12.0. The minimum absolute atomic E-state index is 0.204. The highest BCUT2D eigenvalue weighted by molar-refractivity contribution is 5.80. The fraction of sp³-hybridized carbons (Fsp3) is 0.500. The van der Waals surface area contributed by atoms with Crippen molar-refractivity contribution in [1.82, 2.24) is 5.32 Å². The van der Waals surface area contributed by atoms with Crippen molar-refractivity contribution in [3.05, 3.63) is 41.0 Å². The van der Waals surface area contributed by atoms with E-state index in [0.29, 0.717) is 12.3 Å². The van der Waals surface area contributed by atoms with Crippen molar-refractivity contribution in [2.45, 2.75) is 46.0 Å². The Balaban J connectivity index is 1.60. The van der Waals surface area contributed by atoms with Crippen molar-refractivity contribution in [3.63, 3.8) is 0 Å². The number of aryl methyl sites for hydroxylation is 2. The summed E-state index contributed by atoms with van der Waals surface area (Å²) in [5, 5.41) is 2.78. The largest absolute Gasteiger partial charge is 0.482 e. The van der Waals surface area contributed by atoms with Crippen LogP contribution in [0.1, 0.15) is 43.2 Å². The summed E-state index contributed by atoms with van der Waals surface area (Å²) in [7, 11) is 0. The van der Waals surface area contributed by atoms with Gasteiger partial charge in [0.2, 0.25) is 0 Å². The molecule has 1 aliphatic rings. The first-order valence-corrected chi connectivity index (χ1v) is 8.85. The number of nitrogens with one attached hydrogen (secondary N) is 1. The zero-order valence-electron chi connectivity index (χ0n) is 15.1. The number of rotatable bonds is 8. The lowest BCUT2D eigenvalue weighted by molar-refractivity contribution is -0.150. The lowest BCUT2D eigenvalue weighted by Gasteiger charge is -2.13. The minimum Gasteiger partial charge on any atom is -0.482 e. The van der Waals surface area contributed by atoms with Crippen molar-refractivity contribution in [1.29, 1.82) is 0 Å². The van der Waals surface area contributed by atoms with E-state index >= 15 is 0 Å². The zero-order chi connectivity index (χ0) is 18.1. The van der Waals surface area contributed by atoms with E-state index in [1.165, 1.54) is 18.4 Å². The summed E-state index contributed by atoms with van der Waals surface area (Å²) >= 11 is 0. The maximum atomic E-state index is 11.7. The predicted octanol–water partition coefficient (Wildman–Crippen LogP) is 3.23. The van der Waals surface area contributed by atoms with Crippen molar-refractivity contribution in [2.75, 3.05) is 19.8 Å². The van der Waals surface area contributed by atoms with E-state index in [2.05, 4.69) is 11.4 Å². The summed E-state index contributed by atoms with van der Waals surface area (Å²) in [6.45, 7) is 4.02. The third-order valence-corrected chi connectivity index (χ3v) is 4.19. The number of ether oxygens (including phenoxy) is 2. The SMILES string of the molecule is Cc1ccc(OCC(=O)OCC(=O)NCCC2=CCCCC2)c(C)c1. The Labute approximate surface area is 149 Å². The van der Waals surface area contributed by atoms with Crippen LogP contribution < -0.4 is 10.1 Å². The van der Waals surface area contributed by atoms with Crippen LogP contribution in [0.4, 0.5) is 0 Å². The molecule has 1 aromatic rings. The summed E-state index contributed by atoms with van der Waals surface area (Å²) in [6, 6.07) is 5.73. The number of allylic oxidation sites excluding steroid dienone is 1. The molecular weight excluding hydrogens is 318 g/mol. The van der Waals surface area contributed by atoms with Crippen LogP contribution in [0.15, 0.2) is 29.8 Å². The quantitative estimate of drug-likeness (QED) is 0.580. The number of carbonyl (C=O) groups excluding carboxylic acids is 2. The number of esters is 1. The Morgan fingerprint density at radius 1 is 1.16 bits per heavy atom. The Morgan fingerprint density at radius 2 is 2.00 bits per heavy atom. The first kappa shape index (κ1) is 19.0. The maximum Gasteiger partial charge on any atom is 0.344 e. The van der Waals surface area contributed by atoms with Crippen molar-refractivity contribution in [2.24, 2.45) is 0 Å². The lowest BCUT2D eigenvalue weighted by atomic mass is 9.97. The summed E-state index contributed by atoms with van der Waals surface area (Å²) in [5.41, 5.74) is 3.50. The van der Waals surface area contributed by atoms with Crippen LogP contribution in [0.5, 0.6) is 5.75 Å². The molecule has 1 aromatic carbocycles. The molecule has 0 saturated heterocycles. The molecule has 0 atom stereocenters. The Hall–Kier alpha value is -2.30. The standard InChI is InChI=1S/C20H27NO4/c1-15-8-9-18(16(2)12-15)24-14-20(23)25-13-19(22)21-11-10-17-6-4-3-5-7-17/h6,8-9,12H,3-5,7,10-11,13-14H2,1-2H3,(H,21,22). The van der Waals surface area contributed by atoms with Gasteiger partial charge in [0.05, 0.1) is 0 Å². The van der Waals surface area contributed by atoms with Gasteiger partial charge in [-0.25, -0.2) is 4.79 Å². The van der Waals surface area contributed by atoms with Gasteiger partial charge in [-0.05, 0) is 57.6 Å². The van der Waals surface area contributed by atoms with Crippen LogP contribution in [-0.4, -0.2) is 31.6 Å². The third-order valence-electron chi connectivity index (χ3n) is 4.19. The van der Waals surface area contributed by atoms with E-state index in [1.807, 2.05) is 32.0 Å². The van der Waals surface area contributed by atoms with Gasteiger partial charge in [0.15, 0.2) is 13.2 Å². The number of carbonyl (C=O) groups is 2. The second-order valence-electron chi connectivity index (χ2n) is 6.43. The molecule has 0 heterocycles. The molecule has 5 nitrogen and oxygen atoms in total. The molecule has 0 aliphatic heterocycles. The zero-order valence-corrected chi connectivity index (χ0v) is 15.1. The Bertz CT molecular complexity index is 637. The summed E-state index contributed by atoms with van der Waals surface area (Å²) in [6.07, 6.45) is 7.89. The van der Waals surface area contributed by atoms with Crippen molar-refractivity contribution < 1.29 is 19.1 Å². The van der Waals surface area contributed by atoms with Gasteiger partial charge in [-0.15, -0.1) is 0 Å². The average Bonchev–Trinajstić information content (AvgIpc) is 2.60. The van der Waals surface area contributed by atoms with Crippen LogP contribution in [-0.2, 0) is 14.3 Å². The molecule has 25 heavy (non-hydrogen) atoms. The van der Waals surface area contributed by atoms with Gasteiger partial charge in [-0.3, -0.25) is 4.79 Å². The highest BCUT2D eigenvalue weighted by Gasteiger charge is 2.10. The van der Waals surface area contributed by atoms with Gasteiger partial charge in [0, 0.05) is 6.54 Å². The molecule has 0 unspecified atom stereocenters. The molecule has 0 aromatic heterocycles. The van der Waals surface area contributed by atoms with Gasteiger partial charge in [0.25, 0.3) is 5.91 Å². The van der Waals surface area contributed by atoms with Crippen molar-refractivity contribution in [3.8, 4) is 5.75 Å². The predicted molar refractivity (Wildman–Crippen MR) is 96.5 cm³/mol. The van der Waals surface area contributed by atoms with Gasteiger partial charge in [-0.2, -0.15) is 0 Å². The first-order valence-electron chi connectivity index (χ1n) is 8.85. The van der Waals surface area contributed by atoms with E-state index in [-0.39, 0.29) is 19.1 Å². The molecule has 0 fully saturated rings. The number of benzene rings is 1. The van der Waals surface area contributed by atoms with Crippen LogP contribution >= 0.6 is 0 Å². The Kier molecular flexibility index (Phi) is 7.51. The molecular formula is C20H27NO4. The van der Waals surface area contributed by atoms with Crippen LogP contribution in [0.2, 0.25) is 0 Å². The molecule has 0 spiro atoms. The number of amides is 1. The summed E-state index contributed by atoms with van der Waals surface area (Å²) in [4.78, 5) is 23.4. The number of hydrogen-bond donors (Lipinski definition) is 1. The van der Waals surface area contributed by atoms with Crippen molar-refractivity contribution >= 4 is 11.9 Å². The fourth-order valence-electron chi connectivity index (χ4n) is 2.83. The van der Waals surface area contributed by atoms with E-state index in [1.54, 1.807) is 0 Å². The molecule has 0 bridgehead atoms. The van der Waals surface area contributed by atoms with E-state index in [9.17, 15) is 9.59 Å². The van der Waals surface area contributed by atoms with Gasteiger partial charge < -0.3 is 14.8 Å². The van der Waals surface area contributed by atoms with E-state index in [0.717, 1.165) is 30.4 Å². The normalized spacial score (nSPS) is 13.8. The maximum absolute atomic E-state index is 11.7. The van der Waals surface area contributed by atoms with Gasteiger partial charge in [-0.1, -0.05) is 29.3 Å². The summed E-state index contributed by atoms with van der Waals surface area (Å²) < 4.78 is 10.4. The van der Waals surface area contributed by atoms with E-state index in [4.69, 9.17) is 9.47 Å². The molecule has 0 saturated carbocycles. The van der Waals surface area contributed by atoms with Crippen LogP contribution in [0, 0.1) is 13.8 Å². The van der Waals surface area contributed by atoms with Gasteiger partial charge >= 0.3 is 5.97 Å². The second-order valence-corrected chi connectivity index (χ2v) is 6.43. The topological polar surface area (TPSA) is 64.6 Å². The minimum atomic E-state index is -0.551. The fourth-order valence-corrected chi connectivity index (χ4v) is 2.83. The summed E-state index contributed by atoms with van der Waals surface area (Å²) in [5.74, 6) is -0.186. The molecule has 0 radical (unpaired) electrons. The van der Waals surface area contributed by atoms with Crippen LogP contribution in [0.25, 0.3) is 0 Å². The highest BCUT2D eigenvalue weighted by atomic mass is 16.6. The lowest BCUT2D eigenvalue weighted by Crippen LogP contribution is -2.30. The molecule has 5 heteroatoms. The molecule has 1 amide bonds. The van der Waals surface area contributed by atoms with Gasteiger partial charge in [0.1, 0.15) is 5.75 Å². The number of hydrogen-bond acceptors (Lipinski definition) is 4. The second kappa shape index (κ2) is 9.87. The average molecular weight is 345 g/mol. The molecule has 1 N–H and O–H groups in total. The smallest absolute Gasteiger partial charge is 0.344 e. The van der Waals surface area contributed by atoms with Crippen LogP contribution in [0.3, 0.4) is 0 Å². The van der Waals surface area contributed by atoms with E-state index < -0.39 is 5.97 Å². The monoisotopic (exact) mass is 345 g/mol. The molecule has 1 aliphatic carbocycles. The third kappa shape index (κ3) is 6.99. The molecule has 136 valence electrons.